The first-order valence-electron chi connectivity index (χ1n) is 10.7. The van der Waals surface area contributed by atoms with Gasteiger partial charge in [0, 0.05) is 31.7 Å². The van der Waals surface area contributed by atoms with Gasteiger partial charge in [-0.25, -0.2) is 9.31 Å². The van der Waals surface area contributed by atoms with Gasteiger partial charge in [0.2, 0.25) is 5.91 Å². The number of urea groups is 1. The van der Waals surface area contributed by atoms with E-state index in [-0.39, 0.29) is 11.9 Å². The summed E-state index contributed by atoms with van der Waals surface area (Å²) in [6.07, 6.45) is 7.49. The summed E-state index contributed by atoms with van der Waals surface area (Å²) in [5.74, 6) is 1.17. The first-order valence-corrected chi connectivity index (χ1v) is 10.7. The second kappa shape index (κ2) is 8.14. The Hall–Kier alpha value is -2.41. The number of anilines is 1. The van der Waals surface area contributed by atoms with E-state index in [0.717, 1.165) is 17.6 Å². The van der Waals surface area contributed by atoms with Crippen LogP contribution in [0.3, 0.4) is 0 Å². The average Bonchev–Trinajstić information content (AvgIpc) is 3.07. The predicted molar refractivity (Wildman–Crippen MR) is 113 cm³/mol. The van der Waals surface area contributed by atoms with Crippen LogP contribution in [0.2, 0.25) is 0 Å². The molecule has 7 heteroatoms. The Morgan fingerprint density at radius 3 is 2.83 bits per heavy atom. The van der Waals surface area contributed by atoms with E-state index >= 15 is 0 Å². The van der Waals surface area contributed by atoms with Crippen LogP contribution in [0.4, 0.5) is 10.5 Å². The van der Waals surface area contributed by atoms with Gasteiger partial charge in [-0.2, -0.15) is 5.10 Å². The fourth-order valence-electron chi connectivity index (χ4n) is 4.72. The molecule has 2 aromatic heterocycles. The highest BCUT2D eigenvalue weighted by Crippen LogP contribution is 2.29. The fourth-order valence-corrected chi connectivity index (χ4v) is 4.72. The maximum absolute atomic E-state index is 12.2. The van der Waals surface area contributed by atoms with Crippen molar-refractivity contribution < 1.29 is 9.59 Å². The molecular weight excluding hydrogens is 366 g/mol. The number of nitrogens with one attached hydrogen (secondary N) is 1. The standard InChI is InChI=1S/C22H31N5O2/c1-15(2)14-25-7-4-17(10-16(25)3)11-18-5-9-27-19(12-18)20(13-23-27)26-8-6-21(28)24-22(26)29/h5,9,12-13,15-17H,4,6-8,10-11,14H2,1-3H3,(H,24,28,29)/t16-,17+/m1/s1. The zero-order valence-electron chi connectivity index (χ0n) is 17.6. The highest BCUT2D eigenvalue weighted by atomic mass is 16.2. The summed E-state index contributed by atoms with van der Waals surface area (Å²) in [5, 5.41) is 6.78. The van der Waals surface area contributed by atoms with Crippen molar-refractivity contribution in [2.75, 3.05) is 24.5 Å². The molecule has 156 valence electrons. The van der Waals surface area contributed by atoms with E-state index in [0.29, 0.717) is 30.8 Å². The van der Waals surface area contributed by atoms with E-state index in [1.165, 1.54) is 31.5 Å². The number of carbonyl (C=O) groups is 2. The van der Waals surface area contributed by atoms with Crippen LogP contribution in [0, 0.1) is 11.8 Å². The smallest absolute Gasteiger partial charge is 0.300 e. The topological polar surface area (TPSA) is 70.0 Å². The van der Waals surface area contributed by atoms with Crippen molar-refractivity contribution in [2.24, 2.45) is 11.8 Å². The van der Waals surface area contributed by atoms with Crippen LogP contribution in [0.25, 0.3) is 5.52 Å². The minimum atomic E-state index is -0.368. The molecule has 2 aliphatic rings. The van der Waals surface area contributed by atoms with Crippen LogP contribution < -0.4 is 10.2 Å². The summed E-state index contributed by atoms with van der Waals surface area (Å²) < 4.78 is 1.80. The van der Waals surface area contributed by atoms with Crippen molar-refractivity contribution in [3.8, 4) is 0 Å². The average molecular weight is 398 g/mol. The van der Waals surface area contributed by atoms with Crippen LogP contribution in [0.15, 0.2) is 24.5 Å². The van der Waals surface area contributed by atoms with Gasteiger partial charge in [0.1, 0.15) is 0 Å². The summed E-state index contributed by atoms with van der Waals surface area (Å²) in [4.78, 5) is 27.9. The number of pyridine rings is 1. The molecule has 0 radical (unpaired) electrons. The molecule has 29 heavy (non-hydrogen) atoms. The van der Waals surface area contributed by atoms with Crippen molar-refractivity contribution >= 4 is 23.1 Å². The van der Waals surface area contributed by atoms with Crippen LogP contribution in [-0.2, 0) is 11.2 Å². The second-order valence-corrected chi connectivity index (χ2v) is 8.98. The molecule has 4 rings (SSSR count). The molecule has 0 aromatic carbocycles. The van der Waals surface area contributed by atoms with Crippen molar-refractivity contribution in [3.63, 3.8) is 0 Å². The zero-order chi connectivity index (χ0) is 20.5. The predicted octanol–water partition coefficient (Wildman–Crippen LogP) is 3.08. The molecule has 0 unspecified atom stereocenters. The highest BCUT2D eigenvalue weighted by Gasteiger charge is 2.28. The number of rotatable bonds is 5. The maximum Gasteiger partial charge on any atom is 0.328 e. The zero-order valence-corrected chi connectivity index (χ0v) is 17.6. The Kier molecular flexibility index (Phi) is 5.58. The number of likely N-dealkylation sites (tertiary alicyclic amines) is 1. The molecule has 0 saturated carbocycles. The third-order valence-electron chi connectivity index (χ3n) is 6.16. The minimum Gasteiger partial charge on any atom is -0.300 e. The monoisotopic (exact) mass is 397 g/mol. The van der Waals surface area contributed by atoms with Crippen molar-refractivity contribution in [3.05, 3.63) is 30.1 Å². The Morgan fingerprint density at radius 1 is 1.28 bits per heavy atom. The Bertz CT molecular complexity index is 906. The van der Waals surface area contributed by atoms with Gasteiger partial charge < -0.3 is 4.90 Å². The molecule has 2 aromatic rings. The van der Waals surface area contributed by atoms with Crippen LogP contribution in [0.1, 0.15) is 45.6 Å². The van der Waals surface area contributed by atoms with Gasteiger partial charge in [-0.15, -0.1) is 0 Å². The number of fused-ring (bicyclic) bond motifs is 1. The second-order valence-electron chi connectivity index (χ2n) is 8.98. The number of imide groups is 1. The normalized spacial score (nSPS) is 23.8. The van der Waals surface area contributed by atoms with Gasteiger partial charge in [0.05, 0.1) is 17.4 Å². The molecule has 4 heterocycles. The molecule has 0 bridgehead atoms. The Morgan fingerprint density at radius 2 is 2.10 bits per heavy atom. The van der Waals surface area contributed by atoms with E-state index < -0.39 is 0 Å². The van der Waals surface area contributed by atoms with Gasteiger partial charge in [-0.05, 0) is 62.3 Å². The molecular formula is C22H31N5O2. The Labute approximate surface area is 172 Å². The summed E-state index contributed by atoms with van der Waals surface area (Å²) in [7, 11) is 0. The molecule has 2 saturated heterocycles. The van der Waals surface area contributed by atoms with Crippen molar-refractivity contribution in [1.29, 1.82) is 0 Å². The van der Waals surface area contributed by atoms with Crippen LogP contribution in [0.5, 0.6) is 0 Å². The number of nitrogens with zero attached hydrogens (tertiary/aromatic N) is 4. The van der Waals surface area contributed by atoms with E-state index in [4.69, 9.17) is 0 Å². The first-order chi connectivity index (χ1) is 13.9. The van der Waals surface area contributed by atoms with Crippen molar-refractivity contribution in [1.82, 2.24) is 19.8 Å². The number of aromatic nitrogens is 2. The minimum absolute atomic E-state index is 0.221. The lowest BCUT2D eigenvalue weighted by atomic mass is 9.86. The van der Waals surface area contributed by atoms with E-state index in [2.05, 4.69) is 48.2 Å². The molecule has 2 fully saturated rings. The van der Waals surface area contributed by atoms with E-state index in [1.54, 1.807) is 15.6 Å². The van der Waals surface area contributed by atoms with Crippen LogP contribution >= 0.6 is 0 Å². The third kappa shape index (κ3) is 4.29. The summed E-state index contributed by atoms with van der Waals surface area (Å²) >= 11 is 0. The quantitative estimate of drug-likeness (QED) is 0.842. The van der Waals surface area contributed by atoms with E-state index in [1.807, 2.05) is 6.20 Å². The van der Waals surface area contributed by atoms with Gasteiger partial charge in [0.25, 0.3) is 0 Å². The van der Waals surface area contributed by atoms with Gasteiger partial charge in [-0.1, -0.05) is 13.8 Å². The molecule has 3 amide bonds. The fraction of sp³-hybridized carbons (Fsp3) is 0.591. The highest BCUT2D eigenvalue weighted by molar-refractivity contribution is 6.07. The van der Waals surface area contributed by atoms with Gasteiger partial charge in [0.15, 0.2) is 0 Å². The van der Waals surface area contributed by atoms with E-state index in [9.17, 15) is 9.59 Å². The number of piperidine rings is 1. The number of carbonyl (C=O) groups excluding carboxylic acids is 2. The number of hydrogen-bond donors (Lipinski definition) is 1. The molecule has 0 aliphatic carbocycles. The largest absolute Gasteiger partial charge is 0.328 e. The lowest BCUT2D eigenvalue weighted by molar-refractivity contribution is -0.120. The summed E-state index contributed by atoms with van der Waals surface area (Å²) in [6.45, 7) is 9.67. The lowest BCUT2D eigenvalue weighted by Crippen LogP contribution is -2.49. The number of amides is 3. The first kappa shape index (κ1) is 19.9. The third-order valence-corrected chi connectivity index (χ3v) is 6.16. The Balaban J connectivity index is 1.48. The number of hydrogen-bond acceptors (Lipinski definition) is 4. The van der Waals surface area contributed by atoms with Gasteiger partial charge in [-0.3, -0.25) is 15.0 Å². The SMILES string of the molecule is CC(C)CN1CC[C@H](Cc2ccn3ncc(N4CCC(=O)NC4=O)c3c2)C[C@H]1C. The van der Waals surface area contributed by atoms with Crippen LogP contribution in [-0.4, -0.2) is 52.1 Å². The molecule has 7 nitrogen and oxygen atoms in total. The molecule has 2 aliphatic heterocycles. The summed E-state index contributed by atoms with van der Waals surface area (Å²) in [6, 6.07) is 4.54. The lowest BCUT2D eigenvalue weighted by Gasteiger charge is -2.38. The summed E-state index contributed by atoms with van der Waals surface area (Å²) in [5.41, 5.74) is 2.96. The maximum atomic E-state index is 12.2. The molecule has 0 spiro atoms. The molecule has 1 N–H and O–H groups in total. The van der Waals surface area contributed by atoms with Crippen molar-refractivity contribution in [2.45, 2.75) is 52.5 Å². The molecule has 2 atom stereocenters. The van der Waals surface area contributed by atoms with Gasteiger partial charge >= 0.3 is 6.03 Å².